The van der Waals surface area contributed by atoms with Crippen LogP contribution in [0, 0.1) is 17.4 Å². The maximum Gasteiger partial charge on any atom is 0.226 e. The number of hydrogen-bond acceptors (Lipinski definition) is 2. The number of allylic oxidation sites excluding steroid dienone is 1. The Morgan fingerprint density at radius 3 is 2.61 bits per heavy atom. The maximum absolute atomic E-state index is 12.6. The monoisotopic (exact) mass is 309 g/mol. The topological polar surface area (TPSA) is 30.7 Å². The first-order valence-electron chi connectivity index (χ1n) is 8.21. The fourth-order valence-electron chi connectivity index (χ4n) is 4.10. The molecule has 1 aliphatic carbocycles. The molecule has 0 aromatic heterocycles. The van der Waals surface area contributed by atoms with Gasteiger partial charge in [-0.3, -0.25) is 0 Å². The van der Waals surface area contributed by atoms with E-state index in [1.54, 1.807) is 0 Å². The summed E-state index contributed by atoms with van der Waals surface area (Å²) in [5, 5.41) is 0. The lowest BCUT2D eigenvalue weighted by molar-refractivity contribution is -0.170. The second-order valence-corrected chi connectivity index (χ2v) is 7.56. The van der Waals surface area contributed by atoms with E-state index in [2.05, 4.69) is 23.9 Å². The van der Waals surface area contributed by atoms with Gasteiger partial charge in [0.05, 0.1) is 18.8 Å². The van der Waals surface area contributed by atoms with Crippen LogP contribution in [0.3, 0.4) is 0 Å². The van der Waals surface area contributed by atoms with Crippen molar-refractivity contribution in [2.45, 2.75) is 52.2 Å². The Bertz CT molecular complexity index is 683. The number of ketones is 1. The number of ether oxygens (including phenoxy) is 1. The van der Waals surface area contributed by atoms with Crippen LogP contribution in [-0.4, -0.2) is 18.0 Å². The van der Waals surface area contributed by atoms with Gasteiger partial charge in [-0.25, -0.2) is 4.85 Å². The van der Waals surface area contributed by atoms with Crippen LogP contribution in [-0.2, 0) is 16.0 Å². The van der Waals surface area contributed by atoms with E-state index in [1.807, 2.05) is 38.1 Å². The Balaban J connectivity index is 1.86. The molecule has 3 heteroatoms. The molecule has 0 radical (unpaired) electrons. The smallest absolute Gasteiger partial charge is 0.226 e. The summed E-state index contributed by atoms with van der Waals surface area (Å²) in [5.74, 6) is -0.0877. The van der Waals surface area contributed by atoms with Gasteiger partial charge < -0.3 is 9.53 Å². The molecule has 1 aromatic rings. The highest BCUT2D eigenvalue weighted by Gasteiger charge is 2.54. The molecule has 120 valence electrons. The van der Waals surface area contributed by atoms with Crippen LogP contribution < -0.4 is 0 Å². The van der Waals surface area contributed by atoms with Crippen molar-refractivity contribution in [2.24, 2.45) is 10.8 Å². The molecule has 1 saturated heterocycles. The second kappa shape index (κ2) is 5.62. The zero-order chi connectivity index (χ0) is 16.7. The number of fused-ring (bicyclic) bond motifs is 1. The molecule has 1 aromatic carbocycles. The Morgan fingerprint density at radius 1 is 1.26 bits per heavy atom. The van der Waals surface area contributed by atoms with E-state index < -0.39 is 5.41 Å². The summed E-state index contributed by atoms with van der Waals surface area (Å²) in [4.78, 5) is 16.0. The van der Waals surface area contributed by atoms with Crippen molar-refractivity contribution in [2.75, 3.05) is 0 Å². The number of Topliss-reactive ketones (excluding diaryl/α,β-unsaturated/α-hetero) is 1. The van der Waals surface area contributed by atoms with E-state index in [4.69, 9.17) is 11.3 Å². The molecular weight excluding hydrogens is 286 g/mol. The predicted octanol–water partition coefficient (Wildman–Crippen LogP) is 4.20. The SMILES string of the molecule is [C-]#[N+]C1=C[C@@]2(C)CC[C@H](Cc3ccccc3)O[C@@H]2C(C)(C)C1=O. The minimum Gasteiger partial charge on any atom is -0.373 e. The molecule has 3 atom stereocenters. The van der Waals surface area contributed by atoms with Crippen LogP contribution in [0.2, 0.25) is 0 Å². The van der Waals surface area contributed by atoms with Crippen molar-refractivity contribution in [3.8, 4) is 0 Å². The molecule has 0 N–H and O–H groups in total. The lowest BCUT2D eigenvalue weighted by Gasteiger charge is -2.52. The van der Waals surface area contributed by atoms with Gasteiger partial charge in [0.1, 0.15) is 0 Å². The van der Waals surface area contributed by atoms with Gasteiger partial charge in [-0.05, 0) is 24.8 Å². The molecule has 1 fully saturated rings. The number of rotatable bonds is 2. The fraction of sp³-hybridized carbons (Fsp3) is 0.500. The van der Waals surface area contributed by atoms with Crippen LogP contribution in [0.1, 0.15) is 39.2 Å². The van der Waals surface area contributed by atoms with Crippen LogP contribution >= 0.6 is 0 Å². The van der Waals surface area contributed by atoms with Crippen molar-refractivity contribution in [3.63, 3.8) is 0 Å². The van der Waals surface area contributed by atoms with E-state index in [-0.39, 0.29) is 29.1 Å². The third kappa shape index (κ3) is 2.72. The highest BCUT2D eigenvalue weighted by molar-refractivity contribution is 6.02. The fourth-order valence-corrected chi connectivity index (χ4v) is 4.10. The molecule has 3 nitrogen and oxygen atoms in total. The summed E-state index contributed by atoms with van der Waals surface area (Å²) in [5.41, 5.74) is 0.653. The van der Waals surface area contributed by atoms with Gasteiger partial charge in [-0.15, -0.1) is 0 Å². The van der Waals surface area contributed by atoms with Crippen LogP contribution in [0.15, 0.2) is 42.1 Å². The summed E-state index contributed by atoms with van der Waals surface area (Å²) in [6, 6.07) is 10.3. The molecule has 0 amide bonds. The summed E-state index contributed by atoms with van der Waals surface area (Å²) in [6.07, 6.45) is 4.59. The van der Waals surface area contributed by atoms with E-state index in [0.29, 0.717) is 0 Å². The average Bonchev–Trinajstić information content (AvgIpc) is 2.54. The number of nitrogens with zero attached hydrogens (tertiary/aromatic N) is 1. The number of benzene rings is 1. The van der Waals surface area contributed by atoms with Crippen LogP contribution in [0.5, 0.6) is 0 Å². The molecule has 0 saturated carbocycles. The summed E-state index contributed by atoms with van der Waals surface area (Å²) >= 11 is 0. The second-order valence-electron chi connectivity index (χ2n) is 7.56. The maximum atomic E-state index is 12.6. The van der Waals surface area contributed by atoms with Crippen LogP contribution in [0.25, 0.3) is 4.85 Å². The largest absolute Gasteiger partial charge is 0.373 e. The van der Waals surface area contributed by atoms with E-state index in [0.717, 1.165) is 19.3 Å². The highest BCUT2D eigenvalue weighted by atomic mass is 16.5. The molecule has 1 heterocycles. The lowest BCUT2D eigenvalue weighted by Crippen LogP contribution is -2.56. The van der Waals surface area contributed by atoms with Gasteiger partial charge >= 0.3 is 0 Å². The highest BCUT2D eigenvalue weighted by Crippen LogP contribution is 2.51. The molecule has 0 spiro atoms. The van der Waals surface area contributed by atoms with Gasteiger partial charge in [0.15, 0.2) is 5.78 Å². The van der Waals surface area contributed by atoms with Gasteiger partial charge in [-0.1, -0.05) is 57.2 Å². The third-order valence-electron chi connectivity index (χ3n) is 5.30. The first kappa shape index (κ1) is 16.0. The number of carbonyl (C=O) groups excluding carboxylic acids is 1. The average molecular weight is 309 g/mol. The van der Waals surface area contributed by atoms with Crippen LogP contribution in [0.4, 0.5) is 0 Å². The van der Waals surface area contributed by atoms with E-state index in [1.165, 1.54) is 5.56 Å². The Kier molecular flexibility index (Phi) is 3.90. The Morgan fingerprint density at radius 2 is 1.96 bits per heavy atom. The molecule has 0 bridgehead atoms. The zero-order valence-corrected chi connectivity index (χ0v) is 14.0. The van der Waals surface area contributed by atoms with E-state index in [9.17, 15) is 4.79 Å². The summed E-state index contributed by atoms with van der Waals surface area (Å²) in [7, 11) is 0. The van der Waals surface area contributed by atoms with Gasteiger partial charge in [0.25, 0.3) is 0 Å². The minimum absolute atomic E-state index is 0.0877. The van der Waals surface area contributed by atoms with Crippen molar-refractivity contribution in [3.05, 3.63) is 59.1 Å². The van der Waals surface area contributed by atoms with Crippen molar-refractivity contribution < 1.29 is 9.53 Å². The minimum atomic E-state index is -0.654. The molecule has 1 aliphatic heterocycles. The van der Waals surface area contributed by atoms with Crippen molar-refractivity contribution >= 4 is 5.78 Å². The summed E-state index contributed by atoms with van der Waals surface area (Å²) in [6.45, 7) is 13.2. The first-order valence-corrected chi connectivity index (χ1v) is 8.21. The first-order chi connectivity index (χ1) is 10.9. The third-order valence-corrected chi connectivity index (χ3v) is 5.30. The molecule has 0 unspecified atom stereocenters. The zero-order valence-electron chi connectivity index (χ0n) is 14.0. The molecular formula is C20H23NO2. The quantitative estimate of drug-likeness (QED) is 0.767. The van der Waals surface area contributed by atoms with Gasteiger partial charge in [0.2, 0.25) is 5.70 Å². The van der Waals surface area contributed by atoms with Gasteiger partial charge in [0, 0.05) is 10.8 Å². The Labute approximate surface area is 138 Å². The van der Waals surface area contributed by atoms with Crippen molar-refractivity contribution in [1.29, 1.82) is 0 Å². The number of carbonyl (C=O) groups is 1. The molecule has 23 heavy (non-hydrogen) atoms. The normalized spacial score (nSPS) is 32.6. The Hall–Kier alpha value is -1.92. The molecule has 2 aliphatic rings. The van der Waals surface area contributed by atoms with E-state index >= 15 is 0 Å². The summed E-state index contributed by atoms with van der Waals surface area (Å²) < 4.78 is 6.41. The van der Waals surface area contributed by atoms with Crippen molar-refractivity contribution in [1.82, 2.24) is 0 Å². The standard InChI is InChI=1S/C20H23NO2/c1-19(2)17(22)16(21-4)13-20(3)11-10-15(23-18(19)20)12-14-8-6-5-7-9-14/h5-9,13,15,18H,10-12H2,1-3H3/t15-,18-,20-/m1/s1. The van der Waals surface area contributed by atoms with Gasteiger partial charge in [-0.2, -0.15) is 0 Å². The number of hydrogen-bond donors (Lipinski definition) is 0. The predicted molar refractivity (Wildman–Crippen MR) is 89.6 cm³/mol. The lowest BCUT2D eigenvalue weighted by atomic mass is 9.61. The molecule has 3 rings (SSSR count).